The molecular weight excluding hydrogens is 278 g/mol. The normalized spacial score (nSPS) is 10.7. The molecule has 22 heavy (non-hydrogen) atoms. The molecule has 0 aliphatic heterocycles. The highest BCUT2D eigenvalue weighted by atomic mass is 16.5. The van der Waals surface area contributed by atoms with E-state index >= 15 is 0 Å². The minimum absolute atomic E-state index is 0.502. The van der Waals surface area contributed by atoms with Gasteiger partial charge in [-0.25, -0.2) is 0 Å². The van der Waals surface area contributed by atoms with Crippen LogP contribution in [0.2, 0.25) is 0 Å². The van der Waals surface area contributed by atoms with Crippen LogP contribution in [0.1, 0.15) is 6.42 Å². The van der Waals surface area contributed by atoms with Crippen LogP contribution in [0.25, 0.3) is 0 Å². The Labute approximate surface area is 131 Å². The molecule has 0 fully saturated rings. The number of nitrogens with zero attached hydrogens (tertiary/aromatic N) is 1. The van der Waals surface area contributed by atoms with Crippen LogP contribution >= 0.6 is 0 Å². The molecule has 0 unspecified atom stereocenters. The van der Waals surface area contributed by atoms with Gasteiger partial charge < -0.3 is 25.8 Å². The molecular formula is C17H23N3O2. The van der Waals surface area contributed by atoms with Crippen molar-refractivity contribution in [3.05, 3.63) is 42.5 Å². The van der Waals surface area contributed by atoms with E-state index < -0.39 is 0 Å². The number of hydrogen-bond donors (Lipinski definition) is 2. The third-order valence-corrected chi connectivity index (χ3v) is 3.14. The maximum Gasteiger partial charge on any atom is 0.169 e. The molecule has 2 aromatic rings. The van der Waals surface area contributed by atoms with Crippen LogP contribution in [0.4, 0.5) is 11.4 Å². The quantitative estimate of drug-likeness (QED) is 0.607. The number of ether oxygens (including phenoxy) is 2. The molecule has 0 atom stereocenters. The molecule has 5 heteroatoms. The molecule has 2 rings (SSSR count). The average molecular weight is 301 g/mol. The Kier molecular flexibility index (Phi) is 5.49. The summed E-state index contributed by atoms with van der Waals surface area (Å²) in [6.07, 6.45) is 0.955. The Bertz CT molecular complexity index is 615. The first kappa shape index (κ1) is 16.0. The lowest BCUT2D eigenvalue weighted by atomic mass is 10.2. The molecule has 0 aliphatic carbocycles. The van der Waals surface area contributed by atoms with Crippen molar-refractivity contribution in [2.75, 3.05) is 38.7 Å². The Morgan fingerprint density at radius 3 is 2.36 bits per heavy atom. The Balaban J connectivity index is 2.02. The topological polar surface area (TPSA) is 73.7 Å². The van der Waals surface area contributed by atoms with Crippen LogP contribution in [-0.2, 0) is 0 Å². The van der Waals surface area contributed by atoms with Gasteiger partial charge in [0.2, 0.25) is 0 Å². The van der Waals surface area contributed by atoms with Crippen molar-refractivity contribution in [1.82, 2.24) is 4.90 Å². The largest absolute Gasteiger partial charge is 0.490 e. The molecule has 118 valence electrons. The summed E-state index contributed by atoms with van der Waals surface area (Å²) in [4.78, 5) is 2.13. The predicted molar refractivity (Wildman–Crippen MR) is 90.4 cm³/mol. The van der Waals surface area contributed by atoms with E-state index in [1.807, 2.05) is 38.4 Å². The van der Waals surface area contributed by atoms with Gasteiger partial charge in [0, 0.05) is 12.6 Å². The minimum Gasteiger partial charge on any atom is -0.490 e. The lowest BCUT2D eigenvalue weighted by molar-refractivity contribution is 0.272. The average Bonchev–Trinajstić information content (AvgIpc) is 2.49. The first-order valence-corrected chi connectivity index (χ1v) is 7.25. The second-order valence-electron chi connectivity index (χ2n) is 5.34. The van der Waals surface area contributed by atoms with Crippen LogP contribution in [0, 0.1) is 0 Å². The molecule has 0 amide bonds. The third-order valence-electron chi connectivity index (χ3n) is 3.14. The fourth-order valence-electron chi connectivity index (χ4n) is 1.96. The van der Waals surface area contributed by atoms with Gasteiger partial charge in [-0.05, 0) is 44.8 Å². The zero-order chi connectivity index (χ0) is 15.9. The monoisotopic (exact) mass is 301 g/mol. The lowest BCUT2D eigenvalue weighted by Gasteiger charge is -2.14. The SMILES string of the molecule is CN(C)CCCOc1ccccc1Oc1ccc(N)c(N)c1. The van der Waals surface area contributed by atoms with Crippen molar-refractivity contribution in [2.24, 2.45) is 0 Å². The van der Waals surface area contributed by atoms with Gasteiger partial charge in [0.1, 0.15) is 5.75 Å². The Hall–Kier alpha value is -2.40. The van der Waals surface area contributed by atoms with Crippen molar-refractivity contribution in [1.29, 1.82) is 0 Å². The molecule has 0 bridgehead atoms. The number of hydrogen-bond acceptors (Lipinski definition) is 5. The summed E-state index contributed by atoms with van der Waals surface area (Å²) < 4.78 is 11.7. The molecule has 5 nitrogen and oxygen atoms in total. The van der Waals surface area contributed by atoms with Crippen molar-refractivity contribution < 1.29 is 9.47 Å². The molecule has 0 heterocycles. The van der Waals surface area contributed by atoms with Gasteiger partial charge in [0.15, 0.2) is 11.5 Å². The lowest BCUT2D eigenvalue weighted by Crippen LogP contribution is -2.15. The maximum atomic E-state index is 5.85. The molecule has 0 spiro atoms. The van der Waals surface area contributed by atoms with Gasteiger partial charge in [-0.15, -0.1) is 0 Å². The first-order chi connectivity index (χ1) is 10.6. The summed E-state index contributed by atoms with van der Waals surface area (Å²) in [6, 6.07) is 12.8. The van der Waals surface area contributed by atoms with E-state index in [0.717, 1.165) is 18.7 Å². The standard InChI is InChI=1S/C17H23N3O2/c1-20(2)10-5-11-21-16-6-3-4-7-17(16)22-13-8-9-14(18)15(19)12-13/h3-4,6-9,12H,5,10-11,18-19H2,1-2H3. The maximum absolute atomic E-state index is 5.85. The third kappa shape index (κ3) is 4.56. The highest BCUT2D eigenvalue weighted by molar-refractivity contribution is 5.65. The van der Waals surface area contributed by atoms with Crippen molar-refractivity contribution in [2.45, 2.75) is 6.42 Å². The van der Waals surface area contributed by atoms with Crippen molar-refractivity contribution >= 4 is 11.4 Å². The number of benzene rings is 2. The summed E-state index contributed by atoms with van der Waals surface area (Å²) in [5.41, 5.74) is 12.6. The van der Waals surface area contributed by atoms with Crippen molar-refractivity contribution in [3.8, 4) is 17.2 Å². The van der Waals surface area contributed by atoms with Gasteiger partial charge in [-0.2, -0.15) is 0 Å². The Morgan fingerprint density at radius 2 is 1.68 bits per heavy atom. The molecule has 0 saturated heterocycles. The zero-order valence-corrected chi connectivity index (χ0v) is 13.1. The highest BCUT2D eigenvalue weighted by Crippen LogP contribution is 2.33. The van der Waals surface area contributed by atoms with Gasteiger partial charge in [-0.1, -0.05) is 12.1 Å². The molecule has 0 saturated carbocycles. The van der Waals surface area contributed by atoms with Crippen LogP contribution < -0.4 is 20.9 Å². The van der Waals surface area contributed by atoms with E-state index in [-0.39, 0.29) is 0 Å². The Morgan fingerprint density at radius 1 is 0.955 bits per heavy atom. The fourth-order valence-corrected chi connectivity index (χ4v) is 1.96. The van der Waals surface area contributed by atoms with E-state index in [1.165, 1.54) is 0 Å². The van der Waals surface area contributed by atoms with E-state index in [0.29, 0.717) is 29.5 Å². The van der Waals surface area contributed by atoms with E-state index in [4.69, 9.17) is 20.9 Å². The molecule has 4 N–H and O–H groups in total. The van der Waals surface area contributed by atoms with E-state index in [2.05, 4.69) is 4.90 Å². The summed E-state index contributed by atoms with van der Waals surface area (Å²) in [6.45, 7) is 1.62. The van der Waals surface area contributed by atoms with Crippen LogP contribution in [0.5, 0.6) is 17.2 Å². The summed E-state index contributed by atoms with van der Waals surface area (Å²) in [5, 5.41) is 0. The first-order valence-electron chi connectivity index (χ1n) is 7.25. The number of anilines is 2. The number of rotatable bonds is 7. The number of para-hydroxylation sites is 2. The summed E-state index contributed by atoms with van der Waals surface area (Å²) in [5.74, 6) is 2.02. The number of nitrogens with two attached hydrogens (primary N) is 2. The second-order valence-corrected chi connectivity index (χ2v) is 5.34. The fraction of sp³-hybridized carbons (Fsp3) is 0.294. The van der Waals surface area contributed by atoms with Crippen LogP contribution in [0.15, 0.2) is 42.5 Å². The van der Waals surface area contributed by atoms with E-state index in [1.54, 1.807) is 18.2 Å². The van der Waals surface area contributed by atoms with Gasteiger partial charge in [-0.3, -0.25) is 0 Å². The molecule has 0 radical (unpaired) electrons. The van der Waals surface area contributed by atoms with Gasteiger partial charge >= 0.3 is 0 Å². The van der Waals surface area contributed by atoms with Crippen molar-refractivity contribution in [3.63, 3.8) is 0 Å². The summed E-state index contributed by atoms with van der Waals surface area (Å²) >= 11 is 0. The second kappa shape index (κ2) is 7.56. The molecule has 2 aromatic carbocycles. The molecule has 0 aliphatic rings. The number of nitrogen functional groups attached to an aromatic ring is 2. The van der Waals surface area contributed by atoms with E-state index in [9.17, 15) is 0 Å². The highest BCUT2D eigenvalue weighted by Gasteiger charge is 2.07. The van der Waals surface area contributed by atoms with Crippen LogP contribution in [0.3, 0.4) is 0 Å². The van der Waals surface area contributed by atoms with Gasteiger partial charge in [0.25, 0.3) is 0 Å². The molecule has 0 aromatic heterocycles. The minimum atomic E-state index is 0.502. The van der Waals surface area contributed by atoms with Gasteiger partial charge in [0.05, 0.1) is 18.0 Å². The van der Waals surface area contributed by atoms with Crippen LogP contribution in [-0.4, -0.2) is 32.1 Å². The zero-order valence-electron chi connectivity index (χ0n) is 13.1. The smallest absolute Gasteiger partial charge is 0.169 e. The predicted octanol–water partition coefficient (Wildman–Crippen LogP) is 2.97. The summed E-state index contributed by atoms with van der Waals surface area (Å²) in [7, 11) is 4.09.